The standard InChI is InChI=1S/C13H9Cl3F3N3O3/c1-5-11(22-25-21-5)20-12(23)9-8(15)2-7(14)6(10(9)16)3-24-4-13(17,18)19/h2H,3-4H2,1H3,(H,20,22,23). The summed E-state index contributed by atoms with van der Waals surface area (Å²) in [5, 5.41) is 8.98. The Balaban J connectivity index is 2.27. The maximum atomic E-state index is 12.3. The Kier molecular flexibility index (Phi) is 6.15. The number of ether oxygens (including phenoxy) is 1. The molecule has 0 aliphatic carbocycles. The highest BCUT2D eigenvalue weighted by Crippen LogP contribution is 2.35. The van der Waals surface area contributed by atoms with Crippen LogP contribution in [0.4, 0.5) is 19.0 Å². The zero-order chi connectivity index (χ0) is 18.8. The van der Waals surface area contributed by atoms with Crippen LogP contribution in [-0.2, 0) is 11.3 Å². The monoisotopic (exact) mass is 417 g/mol. The molecule has 25 heavy (non-hydrogen) atoms. The third-order valence-corrected chi connectivity index (χ3v) is 3.94. The van der Waals surface area contributed by atoms with Crippen molar-refractivity contribution in [2.75, 3.05) is 11.9 Å². The lowest BCUT2D eigenvalue weighted by molar-refractivity contribution is -0.176. The first-order chi connectivity index (χ1) is 11.6. The summed E-state index contributed by atoms with van der Waals surface area (Å²) in [6.45, 7) is -0.514. The van der Waals surface area contributed by atoms with Crippen LogP contribution in [0.15, 0.2) is 10.7 Å². The van der Waals surface area contributed by atoms with Crippen LogP contribution in [0.5, 0.6) is 0 Å². The van der Waals surface area contributed by atoms with Gasteiger partial charge in [0.25, 0.3) is 5.91 Å². The molecule has 1 heterocycles. The van der Waals surface area contributed by atoms with Gasteiger partial charge in [-0.1, -0.05) is 40.0 Å². The van der Waals surface area contributed by atoms with Gasteiger partial charge in [-0.25, -0.2) is 4.63 Å². The molecule has 0 spiro atoms. The van der Waals surface area contributed by atoms with Gasteiger partial charge in [-0.2, -0.15) is 13.2 Å². The van der Waals surface area contributed by atoms with E-state index in [2.05, 4.69) is 25.0 Å². The summed E-state index contributed by atoms with van der Waals surface area (Å²) in [7, 11) is 0. The third-order valence-electron chi connectivity index (χ3n) is 2.89. The van der Waals surface area contributed by atoms with Crippen LogP contribution < -0.4 is 5.32 Å². The Morgan fingerprint density at radius 1 is 1.28 bits per heavy atom. The number of aromatic nitrogens is 2. The van der Waals surface area contributed by atoms with Crippen molar-refractivity contribution in [2.45, 2.75) is 19.7 Å². The van der Waals surface area contributed by atoms with Crippen LogP contribution in [0.25, 0.3) is 0 Å². The van der Waals surface area contributed by atoms with Crippen LogP contribution in [-0.4, -0.2) is 29.0 Å². The summed E-state index contributed by atoms with van der Waals surface area (Å²) in [6.07, 6.45) is -4.51. The Morgan fingerprint density at radius 2 is 1.96 bits per heavy atom. The third kappa shape index (κ3) is 4.97. The van der Waals surface area contributed by atoms with Gasteiger partial charge in [0.05, 0.1) is 22.2 Å². The number of carbonyl (C=O) groups excluding carboxylic acids is 1. The molecule has 0 atom stereocenters. The zero-order valence-corrected chi connectivity index (χ0v) is 14.6. The molecule has 1 aromatic carbocycles. The van der Waals surface area contributed by atoms with Crippen molar-refractivity contribution in [2.24, 2.45) is 0 Å². The van der Waals surface area contributed by atoms with Crippen molar-refractivity contribution in [1.29, 1.82) is 0 Å². The molecule has 1 amide bonds. The van der Waals surface area contributed by atoms with Gasteiger partial charge in [-0.3, -0.25) is 4.79 Å². The number of rotatable bonds is 5. The van der Waals surface area contributed by atoms with E-state index in [1.165, 1.54) is 13.0 Å². The van der Waals surface area contributed by atoms with Crippen LogP contribution in [0.1, 0.15) is 21.6 Å². The quantitative estimate of drug-likeness (QED) is 0.763. The summed E-state index contributed by atoms with van der Waals surface area (Å²) in [4.78, 5) is 12.3. The summed E-state index contributed by atoms with van der Waals surface area (Å²) < 4.78 is 45.5. The highest BCUT2D eigenvalue weighted by Gasteiger charge is 2.28. The number of halogens is 6. The number of benzene rings is 1. The smallest absolute Gasteiger partial charge is 0.367 e. The number of anilines is 1. The molecule has 0 aliphatic heterocycles. The van der Waals surface area contributed by atoms with Crippen LogP contribution in [0.3, 0.4) is 0 Å². The summed E-state index contributed by atoms with van der Waals surface area (Å²) in [5.74, 6) is -0.718. The van der Waals surface area contributed by atoms with Gasteiger partial charge < -0.3 is 10.1 Å². The molecular formula is C13H9Cl3F3N3O3. The SMILES string of the molecule is Cc1nonc1NC(=O)c1c(Cl)cc(Cl)c(COCC(F)(F)F)c1Cl. The molecule has 0 radical (unpaired) electrons. The van der Waals surface area contributed by atoms with Crippen LogP contribution >= 0.6 is 34.8 Å². The largest absolute Gasteiger partial charge is 0.411 e. The maximum absolute atomic E-state index is 12.3. The second-order valence-electron chi connectivity index (χ2n) is 4.77. The highest BCUT2D eigenvalue weighted by molar-refractivity contribution is 6.43. The predicted octanol–water partition coefficient (Wildman–Crippen LogP) is 4.67. The molecule has 0 saturated carbocycles. The Morgan fingerprint density at radius 3 is 2.52 bits per heavy atom. The second-order valence-corrected chi connectivity index (χ2v) is 5.96. The van der Waals surface area contributed by atoms with Crippen molar-refractivity contribution in [1.82, 2.24) is 10.3 Å². The number of nitrogens with one attached hydrogen (secondary N) is 1. The van der Waals surface area contributed by atoms with Gasteiger partial charge >= 0.3 is 6.18 Å². The first-order valence-electron chi connectivity index (χ1n) is 6.51. The second kappa shape index (κ2) is 7.77. The van der Waals surface area contributed by atoms with Crippen LogP contribution in [0.2, 0.25) is 15.1 Å². The molecule has 0 saturated heterocycles. The molecule has 0 aliphatic rings. The van der Waals surface area contributed by atoms with Crippen LogP contribution in [0, 0.1) is 6.92 Å². The number of aryl methyl sites for hydroxylation is 1. The average Bonchev–Trinajstić information content (AvgIpc) is 2.86. The van der Waals surface area contributed by atoms with E-state index in [9.17, 15) is 18.0 Å². The highest BCUT2D eigenvalue weighted by atomic mass is 35.5. The lowest BCUT2D eigenvalue weighted by Gasteiger charge is -2.14. The molecule has 1 N–H and O–H groups in total. The Bertz CT molecular complexity index is 796. The zero-order valence-electron chi connectivity index (χ0n) is 12.4. The van der Waals surface area contributed by atoms with Gasteiger partial charge in [0.2, 0.25) is 5.82 Å². The van der Waals surface area contributed by atoms with Crippen molar-refractivity contribution >= 4 is 46.5 Å². The molecule has 0 unspecified atom stereocenters. The van der Waals surface area contributed by atoms with E-state index in [1.807, 2.05) is 0 Å². The normalized spacial score (nSPS) is 11.6. The van der Waals surface area contributed by atoms with E-state index in [-0.39, 0.29) is 32.0 Å². The van der Waals surface area contributed by atoms with Crippen molar-refractivity contribution in [3.05, 3.63) is 38.0 Å². The number of hydrogen-bond donors (Lipinski definition) is 1. The first-order valence-corrected chi connectivity index (χ1v) is 7.65. The molecule has 136 valence electrons. The Labute approximate surface area is 154 Å². The molecule has 6 nitrogen and oxygen atoms in total. The van der Waals surface area contributed by atoms with Crippen molar-refractivity contribution in [3.8, 4) is 0 Å². The molecule has 0 fully saturated rings. The van der Waals surface area contributed by atoms with Gasteiger partial charge in [0.15, 0.2) is 0 Å². The molecule has 12 heteroatoms. The van der Waals surface area contributed by atoms with Crippen molar-refractivity contribution < 1.29 is 27.3 Å². The predicted molar refractivity (Wildman–Crippen MR) is 84.2 cm³/mol. The minimum Gasteiger partial charge on any atom is -0.367 e. The Hall–Kier alpha value is -1.55. The average molecular weight is 419 g/mol. The minimum absolute atomic E-state index is 0.00265. The number of hydrogen-bond acceptors (Lipinski definition) is 5. The van der Waals surface area contributed by atoms with Gasteiger partial charge in [-0.05, 0) is 18.1 Å². The molecule has 2 aromatic rings. The van der Waals surface area contributed by atoms with E-state index in [1.54, 1.807) is 0 Å². The fraction of sp³-hybridized carbons (Fsp3) is 0.308. The number of amides is 1. The lowest BCUT2D eigenvalue weighted by Crippen LogP contribution is -2.18. The lowest BCUT2D eigenvalue weighted by atomic mass is 10.1. The minimum atomic E-state index is -4.51. The summed E-state index contributed by atoms with van der Waals surface area (Å²) in [6, 6.07) is 1.18. The fourth-order valence-corrected chi connectivity index (χ4v) is 2.80. The van der Waals surface area contributed by atoms with Gasteiger partial charge in [0, 0.05) is 10.6 Å². The van der Waals surface area contributed by atoms with E-state index in [0.717, 1.165) is 0 Å². The van der Waals surface area contributed by atoms with E-state index in [4.69, 9.17) is 34.8 Å². The van der Waals surface area contributed by atoms with Gasteiger partial charge in [-0.15, -0.1) is 0 Å². The summed E-state index contributed by atoms with van der Waals surface area (Å²) in [5.41, 5.74) is 0.112. The molecule has 0 bridgehead atoms. The van der Waals surface area contributed by atoms with Crippen molar-refractivity contribution in [3.63, 3.8) is 0 Å². The summed E-state index contributed by atoms with van der Waals surface area (Å²) >= 11 is 18.0. The first kappa shape index (κ1) is 19.8. The van der Waals surface area contributed by atoms with E-state index >= 15 is 0 Å². The van der Waals surface area contributed by atoms with E-state index in [0.29, 0.717) is 5.69 Å². The number of carbonyl (C=O) groups is 1. The fourth-order valence-electron chi connectivity index (χ4n) is 1.76. The molecule has 2 rings (SSSR count). The molecular weight excluding hydrogens is 410 g/mol. The van der Waals surface area contributed by atoms with E-state index < -0.39 is 25.3 Å². The van der Waals surface area contributed by atoms with Gasteiger partial charge in [0.1, 0.15) is 12.3 Å². The topological polar surface area (TPSA) is 77.3 Å². The maximum Gasteiger partial charge on any atom is 0.411 e. The number of nitrogens with zero attached hydrogens (tertiary/aromatic N) is 2. The number of alkyl halides is 3. The molecule has 1 aromatic heterocycles.